The average Bonchev–Trinajstić information content (AvgIpc) is 3.28. The number of hydrogen-bond donors (Lipinski definition) is 0. The summed E-state index contributed by atoms with van der Waals surface area (Å²) < 4.78 is 15.9. The fourth-order valence-electron chi connectivity index (χ4n) is 3.98. The largest absolute Gasteiger partial charge is 0.311 e. The minimum Gasteiger partial charge on any atom is -0.311 e. The Bertz CT molecular complexity index is 1400. The molecule has 5 rings (SSSR count). The van der Waals surface area contributed by atoms with Gasteiger partial charge in [-0.25, -0.2) is 9.37 Å². The Morgan fingerprint density at radius 2 is 2.06 bits per heavy atom. The van der Waals surface area contributed by atoms with Crippen LogP contribution in [-0.2, 0) is 11.2 Å². The quantitative estimate of drug-likeness (QED) is 0.316. The molecule has 2 aromatic carbocycles. The number of anilines is 1. The number of carbonyl (C=O) groups excluding carboxylic acids is 1. The van der Waals surface area contributed by atoms with Gasteiger partial charge in [0.2, 0.25) is 5.91 Å². The predicted molar refractivity (Wildman–Crippen MR) is 128 cm³/mol. The SMILES string of the molecule is Cc1cc(-n2c(SCC(=O)N3CCCc4ccccc43)nc3ccsc3c2=O)ccc1F. The van der Waals surface area contributed by atoms with Gasteiger partial charge in [0.15, 0.2) is 5.16 Å². The molecule has 0 radical (unpaired) electrons. The van der Waals surface area contributed by atoms with Gasteiger partial charge in [-0.1, -0.05) is 30.0 Å². The summed E-state index contributed by atoms with van der Waals surface area (Å²) in [5, 5.41) is 2.24. The lowest BCUT2D eigenvalue weighted by atomic mass is 10.0. The van der Waals surface area contributed by atoms with Gasteiger partial charge >= 0.3 is 0 Å². The minimum absolute atomic E-state index is 0.0244. The van der Waals surface area contributed by atoms with Crippen LogP contribution in [0, 0.1) is 12.7 Å². The van der Waals surface area contributed by atoms with Crippen LogP contribution in [0.4, 0.5) is 10.1 Å². The Labute approximate surface area is 192 Å². The van der Waals surface area contributed by atoms with E-state index < -0.39 is 0 Å². The summed E-state index contributed by atoms with van der Waals surface area (Å²) in [6.07, 6.45) is 1.89. The molecule has 1 aliphatic rings. The number of fused-ring (bicyclic) bond motifs is 2. The van der Waals surface area contributed by atoms with Gasteiger partial charge in [-0.2, -0.15) is 0 Å². The molecule has 3 heterocycles. The molecule has 0 atom stereocenters. The zero-order chi connectivity index (χ0) is 22.2. The molecule has 32 heavy (non-hydrogen) atoms. The third kappa shape index (κ3) is 3.73. The molecule has 1 aliphatic heterocycles. The van der Waals surface area contributed by atoms with Gasteiger partial charge in [0.25, 0.3) is 5.56 Å². The van der Waals surface area contributed by atoms with Crippen LogP contribution in [-0.4, -0.2) is 27.8 Å². The molecule has 0 saturated carbocycles. The second kappa shape index (κ2) is 8.52. The van der Waals surface area contributed by atoms with Gasteiger partial charge in [-0.15, -0.1) is 11.3 Å². The highest BCUT2D eigenvalue weighted by Crippen LogP contribution is 2.29. The van der Waals surface area contributed by atoms with E-state index in [4.69, 9.17) is 0 Å². The Kier molecular flexibility index (Phi) is 5.57. The first-order valence-electron chi connectivity index (χ1n) is 10.3. The first-order chi connectivity index (χ1) is 15.5. The number of thiophene rings is 1. The highest BCUT2D eigenvalue weighted by atomic mass is 32.2. The Morgan fingerprint density at radius 3 is 2.91 bits per heavy atom. The highest BCUT2D eigenvalue weighted by molar-refractivity contribution is 7.99. The average molecular weight is 466 g/mol. The first kappa shape index (κ1) is 20.9. The Hall–Kier alpha value is -2.97. The van der Waals surface area contributed by atoms with Crippen molar-refractivity contribution in [3.05, 3.63) is 81.2 Å². The van der Waals surface area contributed by atoms with E-state index in [2.05, 4.69) is 11.1 Å². The maximum Gasteiger partial charge on any atom is 0.276 e. The molecule has 0 saturated heterocycles. The molecular weight excluding hydrogens is 445 g/mol. The van der Waals surface area contributed by atoms with Crippen LogP contribution < -0.4 is 10.5 Å². The van der Waals surface area contributed by atoms with Gasteiger partial charge < -0.3 is 4.90 Å². The topological polar surface area (TPSA) is 55.2 Å². The fourth-order valence-corrected chi connectivity index (χ4v) is 5.63. The van der Waals surface area contributed by atoms with Crippen LogP contribution in [0.15, 0.2) is 63.9 Å². The van der Waals surface area contributed by atoms with Crippen LogP contribution in [0.3, 0.4) is 0 Å². The molecule has 4 aromatic rings. The van der Waals surface area contributed by atoms with Crippen LogP contribution in [0.5, 0.6) is 0 Å². The zero-order valence-electron chi connectivity index (χ0n) is 17.4. The predicted octanol–water partition coefficient (Wildman–Crippen LogP) is 4.97. The first-order valence-corrected chi connectivity index (χ1v) is 12.2. The van der Waals surface area contributed by atoms with Gasteiger partial charge in [0.05, 0.1) is 17.0 Å². The van der Waals surface area contributed by atoms with E-state index in [-0.39, 0.29) is 23.0 Å². The molecule has 162 valence electrons. The monoisotopic (exact) mass is 465 g/mol. The summed E-state index contributed by atoms with van der Waals surface area (Å²) in [6, 6.07) is 14.3. The Morgan fingerprint density at radius 1 is 1.22 bits per heavy atom. The number of hydrogen-bond acceptors (Lipinski definition) is 5. The molecule has 0 unspecified atom stereocenters. The third-order valence-corrected chi connectivity index (χ3v) is 7.40. The molecule has 0 fully saturated rings. The summed E-state index contributed by atoms with van der Waals surface area (Å²) in [5.41, 5.74) is 3.50. The summed E-state index contributed by atoms with van der Waals surface area (Å²) in [6.45, 7) is 2.34. The number of aryl methyl sites for hydroxylation is 2. The normalized spacial score (nSPS) is 13.4. The highest BCUT2D eigenvalue weighted by Gasteiger charge is 2.23. The van der Waals surface area contributed by atoms with Crippen LogP contribution in [0.1, 0.15) is 17.5 Å². The smallest absolute Gasteiger partial charge is 0.276 e. The van der Waals surface area contributed by atoms with Crippen molar-refractivity contribution in [1.82, 2.24) is 9.55 Å². The third-order valence-electron chi connectivity index (χ3n) is 5.58. The van der Waals surface area contributed by atoms with E-state index >= 15 is 0 Å². The molecule has 2 aromatic heterocycles. The van der Waals surface area contributed by atoms with Gasteiger partial charge in [-0.05, 0) is 66.6 Å². The summed E-state index contributed by atoms with van der Waals surface area (Å²) in [5.74, 6) is -0.208. The van der Waals surface area contributed by atoms with Crippen molar-refractivity contribution >= 4 is 44.9 Å². The van der Waals surface area contributed by atoms with Gasteiger partial charge in [0.1, 0.15) is 10.5 Å². The van der Waals surface area contributed by atoms with Crippen molar-refractivity contribution in [2.75, 3.05) is 17.2 Å². The van der Waals surface area contributed by atoms with E-state index in [0.717, 1.165) is 18.5 Å². The van der Waals surface area contributed by atoms with Crippen molar-refractivity contribution in [2.45, 2.75) is 24.9 Å². The summed E-state index contributed by atoms with van der Waals surface area (Å²) in [4.78, 5) is 32.8. The number of carbonyl (C=O) groups is 1. The molecule has 0 aliphatic carbocycles. The minimum atomic E-state index is -0.333. The summed E-state index contributed by atoms with van der Waals surface area (Å²) in [7, 11) is 0. The van der Waals surface area contributed by atoms with Gasteiger partial charge in [0, 0.05) is 12.2 Å². The number of nitrogens with zero attached hydrogens (tertiary/aromatic N) is 3. The van der Waals surface area contributed by atoms with E-state index in [1.807, 2.05) is 28.5 Å². The molecule has 5 nitrogen and oxygen atoms in total. The number of aromatic nitrogens is 2. The number of para-hydroxylation sites is 1. The van der Waals surface area contributed by atoms with E-state index in [0.29, 0.717) is 33.2 Å². The summed E-state index contributed by atoms with van der Waals surface area (Å²) >= 11 is 2.56. The zero-order valence-corrected chi connectivity index (χ0v) is 19.0. The molecule has 1 amide bonds. The van der Waals surface area contributed by atoms with Crippen molar-refractivity contribution in [1.29, 1.82) is 0 Å². The van der Waals surface area contributed by atoms with Gasteiger partial charge in [-0.3, -0.25) is 14.2 Å². The number of rotatable bonds is 4. The number of amides is 1. The van der Waals surface area contributed by atoms with E-state index in [9.17, 15) is 14.0 Å². The van der Waals surface area contributed by atoms with Crippen molar-refractivity contribution in [3.8, 4) is 5.69 Å². The van der Waals surface area contributed by atoms with Crippen LogP contribution in [0.2, 0.25) is 0 Å². The Balaban J connectivity index is 1.50. The lowest BCUT2D eigenvalue weighted by Gasteiger charge is -2.29. The molecule has 8 heteroatoms. The van der Waals surface area contributed by atoms with Crippen molar-refractivity contribution in [3.63, 3.8) is 0 Å². The molecule has 0 bridgehead atoms. The van der Waals surface area contributed by atoms with Crippen LogP contribution in [0.25, 0.3) is 15.9 Å². The lowest BCUT2D eigenvalue weighted by Crippen LogP contribution is -2.36. The molecule has 0 N–H and O–H groups in total. The van der Waals surface area contributed by atoms with Crippen LogP contribution >= 0.6 is 23.1 Å². The van der Waals surface area contributed by atoms with E-state index in [1.54, 1.807) is 25.1 Å². The fraction of sp³-hybridized carbons (Fsp3) is 0.208. The maximum atomic E-state index is 13.8. The number of thioether (sulfide) groups is 1. The number of halogens is 1. The van der Waals surface area contributed by atoms with E-state index in [1.165, 1.54) is 39.3 Å². The van der Waals surface area contributed by atoms with Crippen molar-refractivity contribution < 1.29 is 9.18 Å². The number of benzene rings is 2. The second-order valence-corrected chi connectivity index (χ2v) is 9.53. The lowest BCUT2D eigenvalue weighted by molar-refractivity contribution is -0.116. The molecule has 0 spiro atoms. The second-order valence-electron chi connectivity index (χ2n) is 7.67. The van der Waals surface area contributed by atoms with Crippen molar-refractivity contribution in [2.24, 2.45) is 0 Å². The molecular formula is C24H20FN3O2S2. The standard InChI is InChI=1S/C24H20FN3O2S2/c1-15-13-17(8-9-18(15)25)28-23(30)22-19(10-12-31-22)26-24(28)32-14-21(29)27-11-4-6-16-5-2-3-7-20(16)27/h2-3,5,7-10,12-13H,4,6,11,14H2,1H3. The maximum absolute atomic E-state index is 13.8.